The lowest BCUT2D eigenvalue weighted by atomic mass is 9.99. The molecule has 1 N–H and O–H groups in total. The standard InChI is InChI=1S/C15H19ClN2O3/c1-9-4-5-11(6-13(9)16)17-15(20)18-7-10(2)12(8-18)14(19)21-3/h4-6,10,12H,7-8H2,1-3H3,(H,17,20). The number of ether oxygens (including phenoxy) is 1. The van der Waals surface area contributed by atoms with Crippen LogP contribution in [0.25, 0.3) is 0 Å². The van der Waals surface area contributed by atoms with Crippen molar-refractivity contribution in [1.29, 1.82) is 0 Å². The molecule has 1 aliphatic heterocycles. The van der Waals surface area contributed by atoms with Crippen molar-refractivity contribution in [1.82, 2.24) is 4.90 Å². The van der Waals surface area contributed by atoms with Crippen molar-refractivity contribution in [2.24, 2.45) is 11.8 Å². The van der Waals surface area contributed by atoms with Crippen LogP contribution in [0.3, 0.4) is 0 Å². The Hall–Kier alpha value is -1.75. The van der Waals surface area contributed by atoms with Gasteiger partial charge in [0.05, 0.1) is 13.0 Å². The molecule has 6 heteroatoms. The second-order valence-corrected chi connectivity index (χ2v) is 5.81. The predicted octanol–water partition coefficient (Wildman–Crippen LogP) is 2.92. The lowest BCUT2D eigenvalue weighted by Crippen LogP contribution is -2.34. The van der Waals surface area contributed by atoms with E-state index in [1.54, 1.807) is 17.0 Å². The Bertz CT molecular complexity index is 562. The number of amides is 2. The largest absolute Gasteiger partial charge is 0.469 e. The molecule has 1 fully saturated rings. The normalized spacial score (nSPS) is 21.2. The molecule has 21 heavy (non-hydrogen) atoms. The van der Waals surface area contributed by atoms with Crippen LogP contribution >= 0.6 is 11.6 Å². The molecule has 1 saturated heterocycles. The minimum atomic E-state index is -0.267. The molecular weight excluding hydrogens is 292 g/mol. The number of methoxy groups -OCH3 is 1. The van der Waals surface area contributed by atoms with Gasteiger partial charge in [-0.05, 0) is 30.5 Å². The first-order valence-electron chi connectivity index (χ1n) is 6.82. The first-order valence-corrected chi connectivity index (χ1v) is 7.20. The summed E-state index contributed by atoms with van der Waals surface area (Å²) in [6.45, 7) is 4.75. The van der Waals surface area contributed by atoms with Gasteiger partial charge in [0.1, 0.15) is 0 Å². The van der Waals surface area contributed by atoms with E-state index in [0.717, 1.165) is 5.56 Å². The molecule has 2 amide bonds. The highest BCUT2D eigenvalue weighted by molar-refractivity contribution is 6.31. The zero-order chi connectivity index (χ0) is 15.6. The summed E-state index contributed by atoms with van der Waals surface area (Å²) in [4.78, 5) is 25.5. The monoisotopic (exact) mass is 310 g/mol. The zero-order valence-corrected chi connectivity index (χ0v) is 13.1. The van der Waals surface area contributed by atoms with Gasteiger partial charge in [-0.25, -0.2) is 4.79 Å². The van der Waals surface area contributed by atoms with Gasteiger partial charge in [0.15, 0.2) is 0 Å². The van der Waals surface area contributed by atoms with Gasteiger partial charge in [-0.3, -0.25) is 4.79 Å². The molecule has 0 bridgehead atoms. The third kappa shape index (κ3) is 3.47. The number of nitrogens with zero attached hydrogens (tertiary/aromatic N) is 1. The van der Waals surface area contributed by atoms with Gasteiger partial charge in [0, 0.05) is 23.8 Å². The molecule has 0 saturated carbocycles. The first kappa shape index (κ1) is 15.6. The molecular formula is C15H19ClN2O3. The molecule has 5 nitrogen and oxygen atoms in total. The summed E-state index contributed by atoms with van der Waals surface area (Å²) in [5.41, 5.74) is 1.60. The summed E-state index contributed by atoms with van der Waals surface area (Å²) >= 11 is 6.04. The molecule has 1 aliphatic rings. The van der Waals surface area contributed by atoms with Gasteiger partial charge in [0.25, 0.3) is 0 Å². The maximum Gasteiger partial charge on any atom is 0.321 e. The summed E-state index contributed by atoms with van der Waals surface area (Å²) in [6, 6.07) is 5.14. The molecule has 2 atom stereocenters. The molecule has 1 aromatic rings. The number of carbonyl (C=O) groups excluding carboxylic acids is 2. The number of urea groups is 1. The number of benzene rings is 1. The van der Waals surface area contributed by atoms with E-state index in [-0.39, 0.29) is 23.8 Å². The number of nitrogens with one attached hydrogen (secondary N) is 1. The number of hydrogen-bond acceptors (Lipinski definition) is 3. The molecule has 0 radical (unpaired) electrons. The van der Waals surface area contributed by atoms with Crippen LogP contribution in [0.4, 0.5) is 10.5 Å². The first-order chi connectivity index (χ1) is 9.92. The van der Waals surface area contributed by atoms with Gasteiger partial charge in [-0.2, -0.15) is 0 Å². The fourth-order valence-electron chi connectivity index (χ4n) is 2.46. The number of aryl methyl sites for hydroxylation is 1. The lowest BCUT2D eigenvalue weighted by Gasteiger charge is -2.17. The summed E-state index contributed by atoms with van der Waals surface area (Å²) in [6.07, 6.45) is 0. The summed E-state index contributed by atoms with van der Waals surface area (Å²) < 4.78 is 4.77. The van der Waals surface area contributed by atoms with Crippen LogP contribution in [0.15, 0.2) is 18.2 Å². The second-order valence-electron chi connectivity index (χ2n) is 5.41. The van der Waals surface area contributed by atoms with E-state index in [9.17, 15) is 9.59 Å². The number of hydrogen-bond donors (Lipinski definition) is 1. The molecule has 1 aromatic carbocycles. The zero-order valence-electron chi connectivity index (χ0n) is 12.4. The SMILES string of the molecule is COC(=O)C1CN(C(=O)Nc2ccc(C)c(Cl)c2)CC1C. The Morgan fingerprint density at radius 2 is 2.10 bits per heavy atom. The average molecular weight is 311 g/mol. The van der Waals surface area contributed by atoms with E-state index in [0.29, 0.717) is 23.8 Å². The van der Waals surface area contributed by atoms with Crippen LogP contribution in [0.1, 0.15) is 12.5 Å². The van der Waals surface area contributed by atoms with Crippen LogP contribution in [0.5, 0.6) is 0 Å². The highest BCUT2D eigenvalue weighted by Crippen LogP contribution is 2.25. The third-order valence-electron chi connectivity index (χ3n) is 3.83. The molecule has 2 rings (SSSR count). The predicted molar refractivity (Wildman–Crippen MR) is 81.5 cm³/mol. The van der Waals surface area contributed by atoms with Gasteiger partial charge in [-0.15, -0.1) is 0 Å². The summed E-state index contributed by atoms with van der Waals surface area (Å²) in [7, 11) is 1.37. The topological polar surface area (TPSA) is 58.6 Å². The fourth-order valence-corrected chi connectivity index (χ4v) is 2.64. The number of esters is 1. The van der Waals surface area contributed by atoms with Crippen LogP contribution < -0.4 is 5.32 Å². The van der Waals surface area contributed by atoms with Gasteiger partial charge >= 0.3 is 12.0 Å². The molecule has 0 aliphatic carbocycles. The van der Waals surface area contributed by atoms with E-state index in [1.807, 2.05) is 19.9 Å². The van der Waals surface area contributed by atoms with Crippen molar-refractivity contribution in [2.75, 3.05) is 25.5 Å². The highest BCUT2D eigenvalue weighted by Gasteiger charge is 2.37. The number of halogens is 1. The second kappa shape index (κ2) is 6.35. The van der Waals surface area contributed by atoms with Crippen LogP contribution in [-0.4, -0.2) is 37.1 Å². The molecule has 2 unspecified atom stereocenters. The Kier molecular flexibility index (Phi) is 4.73. The van der Waals surface area contributed by atoms with Crippen molar-refractivity contribution >= 4 is 29.3 Å². The van der Waals surface area contributed by atoms with Crippen molar-refractivity contribution in [2.45, 2.75) is 13.8 Å². The maximum absolute atomic E-state index is 12.2. The average Bonchev–Trinajstić information content (AvgIpc) is 2.84. The smallest absolute Gasteiger partial charge is 0.321 e. The number of likely N-dealkylation sites (tertiary alicyclic amines) is 1. The quantitative estimate of drug-likeness (QED) is 0.854. The number of anilines is 1. The van der Waals surface area contributed by atoms with E-state index < -0.39 is 0 Å². The van der Waals surface area contributed by atoms with E-state index in [4.69, 9.17) is 16.3 Å². The minimum Gasteiger partial charge on any atom is -0.469 e. The van der Waals surface area contributed by atoms with Crippen molar-refractivity contribution in [3.63, 3.8) is 0 Å². The van der Waals surface area contributed by atoms with E-state index in [2.05, 4.69) is 5.32 Å². The Labute approximate surface area is 129 Å². The Balaban J connectivity index is 2.01. The maximum atomic E-state index is 12.2. The van der Waals surface area contributed by atoms with Crippen LogP contribution in [0.2, 0.25) is 5.02 Å². The lowest BCUT2D eigenvalue weighted by molar-refractivity contribution is -0.145. The molecule has 1 heterocycles. The highest BCUT2D eigenvalue weighted by atomic mass is 35.5. The minimum absolute atomic E-state index is 0.0878. The third-order valence-corrected chi connectivity index (χ3v) is 4.23. The van der Waals surface area contributed by atoms with Crippen LogP contribution in [-0.2, 0) is 9.53 Å². The van der Waals surface area contributed by atoms with Crippen molar-refractivity contribution < 1.29 is 14.3 Å². The van der Waals surface area contributed by atoms with E-state index in [1.165, 1.54) is 7.11 Å². The molecule has 0 aromatic heterocycles. The van der Waals surface area contributed by atoms with Gasteiger partial charge < -0.3 is 15.0 Å². The molecule has 0 spiro atoms. The summed E-state index contributed by atoms with van der Waals surface area (Å²) in [5.74, 6) is -0.441. The summed E-state index contributed by atoms with van der Waals surface area (Å²) in [5, 5.41) is 3.41. The van der Waals surface area contributed by atoms with E-state index >= 15 is 0 Å². The van der Waals surface area contributed by atoms with Crippen molar-refractivity contribution in [3.8, 4) is 0 Å². The number of carbonyl (C=O) groups is 2. The molecule has 114 valence electrons. The fraction of sp³-hybridized carbons (Fsp3) is 0.467. The van der Waals surface area contributed by atoms with Gasteiger partial charge in [0.2, 0.25) is 0 Å². The Morgan fingerprint density at radius 3 is 2.71 bits per heavy atom. The van der Waals surface area contributed by atoms with Gasteiger partial charge in [-0.1, -0.05) is 24.6 Å². The van der Waals surface area contributed by atoms with Crippen molar-refractivity contribution in [3.05, 3.63) is 28.8 Å². The Morgan fingerprint density at radius 1 is 1.38 bits per heavy atom. The number of rotatable bonds is 2. The van der Waals surface area contributed by atoms with Crippen LogP contribution in [0, 0.1) is 18.8 Å².